The second-order valence-corrected chi connectivity index (χ2v) is 6.33. The van der Waals surface area contributed by atoms with E-state index < -0.39 is 0 Å². The smallest absolute Gasteiger partial charge is 0.260 e. The van der Waals surface area contributed by atoms with Crippen molar-refractivity contribution in [2.24, 2.45) is 11.1 Å². The fraction of sp³-hybridized carbons (Fsp3) is 0.533. The molecule has 0 aliphatic carbocycles. The number of benzene rings is 1. The number of rotatable bonds is 3. The van der Waals surface area contributed by atoms with Crippen LogP contribution in [0.3, 0.4) is 0 Å². The molecule has 4 nitrogen and oxygen atoms in total. The Morgan fingerprint density at radius 3 is 2.85 bits per heavy atom. The van der Waals surface area contributed by atoms with E-state index in [1.807, 2.05) is 17.0 Å². The van der Waals surface area contributed by atoms with Crippen molar-refractivity contribution in [3.05, 3.63) is 29.3 Å². The zero-order chi connectivity index (χ0) is 14.8. The van der Waals surface area contributed by atoms with Gasteiger partial charge >= 0.3 is 0 Å². The van der Waals surface area contributed by atoms with Gasteiger partial charge in [0.2, 0.25) is 0 Å². The van der Waals surface area contributed by atoms with E-state index in [4.69, 9.17) is 22.1 Å². The van der Waals surface area contributed by atoms with E-state index in [0.29, 0.717) is 23.9 Å². The zero-order valence-electron chi connectivity index (χ0n) is 11.9. The van der Waals surface area contributed by atoms with Gasteiger partial charge in [0.25, 0.3) is 5.91 Å². The molecule has 0 saturated carbocycles. The van der Waals surface area contributed by atoms with Crippen LogP contribution in [-0.2, 0) is 4.79 Å². The van der Waals surface area contributed by atoms with Gasteiger partial charge in [-0.05, 0) is 24.0 Å². The summed E-state index contributed by atoms with van der Waals surface area (Å²) in [5.41, 5.74) is 6.02. The second kappa shape index (κ2) is 6.02. The van der Waals surface area contributed by atoms with Crippen LogP contribution in [0.25, 0.3) is 0 Å². The van der Waals surface area contributed by atoms with Crippen LogP contribution in [0.1, 0.15) is 20.3 Å². The van der Waals surface area contributed by atoms with Crippen LogP contribution in [0.15, 0.2) is 24.3 Å². The molecule has 20 heavy (non-hydrogen) atoms. The number of amides is 1. The van der Waals surface area contributed by atoms with Gasteiger partial charge in [0.1, 0.15) is 5.75 Å². The quantitative estimate of drug-likeness (QED) is 0.931. The van der Waals surface area contributed by atoms with Crippen molar-refractivity contribution in [3.8, 4) is 5.75 Å². The summed E-state index contributed by atoms with van der Waals surface area (Å²) in [6.45, 7) is 5.54. The summed E-state index contributed by atoms with van der Waals surface area (Å²) >= 11 is 5.99. The van der Waals surface area contributed by atoms with Gasteiger partial charge in [-0.25, -0.2) is 0 Å². The molecule has 1 amide bonds. The molecule has 1 saturated heterocycles. The molecule has 5 heteroatoms. The molecular weight excluding hydrogens is 276 g/mol. The first-order valence-corrected chi connectivity index (χ1v) is 7.18. The lowest BCUT2D eigenvalue weighted by Gasteiger charge is -2.42. The standard InChI is InChI=1S/C15H21ClN2O2/c1-15(2)10-18(8-7-13(15)17)14(19)9-20-12-6-4-3-5-11(12)16/h3-6,13H,7-10,17H2,1-2H3. The SMILES string of the molecule is CC1(C)CN(C(=O)COc2ccccc2Cl)CCC1N. The monoisotopic (exact) mass is 296 g/mol. The number of nitrogens with zero attached hydrogens (tertiary/aromatic N) is 1. The highest BCUT2D eigenvalue weighted by Gasteiger charge is 2.35. The van der Waals surface area contributed by atoms with Gasteiger partial charge < -0.3 is 15.4 Å². The van der Waals surface area contributed by atoms with Crippen LogP contribution in [-0.4, -0.2) is 36.5 Å². The van der Waals surface area contributed by atoms with E-state index in [1.165, 1.54) is 0 Å². The van der Waals surface area contributed by atoms with E-state index in [0.717, 1.165) is 6.42 Å². The molecule has 110 valence electrons. The number of ether oxygens (including phenoxy) is 1. The van der Waals surface area contributed by atoms with Crippen molar-refractivity contribution >= 4 is 17.5 Å². The summed E-state index contributed by atoms with van der Waals surface area (Å²) in [5, 5.41) is 0.515. The van der Waals surface area contributed by atoms with Crippen molar-refractivity contribution < 1.29 is 9.53 Å². The Kier molecular flexibility index (Phi) is 4.55. The van der Waals surface area contributed by atoms with Crippen LogP contribution in [0.5, 0.6) is 5.75 Å². The maximum atomic E-state index is 12.2. The summed E-state index contributed by atoms with van der Waals surface area (Å²) < 4.78 is 5.49. The molecule has 1 aliphatic heterocycles. The van der Waals surface area contributed by atoms with Crippen molar-refractivity contribution in [3.63, 3.8) is 0 Å². The topological polar surface area (TPSA) is 55.6 Å². The lowest BCUT2D eigenvalue weighted by molar-refractivity contribution is -0.136. The number of nitrogens with two attached hydrogens (primary N) is 1. The first-order chi connectivity index (χ1) is 9.40. The van der Waals surface area contributed by atoms with Gasteiger partial charge in [-0.1, -0.05) is 37.6 Å². The van der Waals surface area contributed by atoms with E-state index >= 15 is 0 Å². The lowest BCUT2D eigenvalue weighted by Crippen LogP contribution is -2.54. The van der Waals surface area contributed by atoms with Crippen molar-refractivity contribution in [2.75, 3.05) is 19.7 Å². The highest BCUT2D eigenvalue weighted by atomic mass is 35.5. The van der Waals surface area contributed by atoms with Crippen molar-refractivity contribution in [2.45, 2.75) is 26.3 Å². The van der Waals surface area contributed by atoms with E-state index in [1.54, 1.807) is 12.1 Å². The molecule has 1 aliphatic rings. The molecule has 1 aromatic rings. The number of para-hydroxylation sites is 1. The van der Waals surface area contributed by atoms with Crippen LogP contribution >= 0.6 is 11.6 Å². The van der Waals surface area contributed by atoms with E-state index in [9.17, 15) is 4.79 Å². The van der Waals surface area contributed by atoms with Gasteiger partial charge in [-0.15, -0.1) is 0 Å². The maximum Gasteiger partial charge on any atom is 0.260 e. The van der Waals surface area contributed by atoms with Gasteiger partial charge in [-0.2, -0.15) is 0 Å². The number of hydrogen-bond donors (Lipinski definition) is 1. The summed E-state index contributed by atoms with van der Waals surface area (Å²) in [5.74, 6) is 0.514. The van der Waals surface area contributed by atoms with E-state index in [-0.39, 0.29) is 24.0 Å². The molecule has 0 radical (unpaired) electrons. The van der Waals surface area contributed by atoms with Gasteiger partial charge in [0.15, 0.2) is 6.61 Å². The van der Waals surface area contributed by atoms with Crippen molar-refractivity contribution in [1.29, 1.82) is 0 Å². The Bertz CT molecular complexity index is 491. The molecule has 2 N–H and O–H groups in total. The molecule has 1 atom stereocenters. The number of piperidine rings is 1. The first-order valence-electron chi connectivity index (χ1n) is 6.81. The molecule has 1 unspecified atom stereocenters. The number of likely N-dealkylation sites (tertiary alicyclic amines) is 1. The minimum Gasteiger partial charge on any atom is -0.482 e. The van der Waals surface area contributed by atoms with Gasteiger partial charge in [0.05, 0.1) is 5.02 Å². The third-order valence-corrected chi connectivity index (χ3v) is 4.16. The van der Waals surface area contributed by atoms with Gasteiger partial charge in [-0.3, -0.25) is 4.79 Å². The second-order valence-electron chi connectivity index (χ2n) is 5.92. The average Bonchev–Trinajstić information content (AvgIpc) is 2.40. The third-order valence-electron chi connectivity index (χ3n) is 3.85. The molecule has 1 aromatic carbocycles. The number of halogens is 1. The predicted octanol–water partition coefficient (Wildman–Crippen LogP) is 2.30. The fourth-order valence-corrected chi connectivity index (χ4v) is 2.57. The molecule has 0 spiro atoms. The van der Waals surface area contributed by atoms with Gasteiger partial charge in [0, 0.05) is 19.1 Å². The number of hydrogen-bond acceptors (Lipinski definition) is 3. The summed E-state index contributed by atoms with van der Waals surface area (Å²) in [7, 11) is 0. The third kappa shape index (κ3) is 3.44. The Balaban J connectivity index is 1.91. The summed E-state index contributed by atoms with van der Waals surface area (Å²) in [6.07, 6.45) is 0.824. The van der Waals surface area contributed by atoms with Crippen LogP contribution in [0.4, 0.5) is 0 Å². The fourth-order valence-electron chi connectivity index (χ4n) is 2.38. The van der Waals surface area contributed by atoms with Crippen LogP contribution < -0.4 is 10.5 Å². The first kappa shape index (κ1) is 15.1. The normalized spacial score (nSPS) is 21.6. The molecule has 2 rings (SSSR count). The maximum absolute atomic E-state index is 12.2. The van der Waals surface area contributed by atoms with Crippen LogP contribution in [0.2, 0.25) is 5.02 Å². The van der Waals surface area contributed by atoms with Crippen LogP contribution in [0, 0.1) is 5.41 Å². The lowest BCUT2D eigenvalue weighted by atomic mass is 9.80. The Hall–Kier alpha value is -1.26. The molecule has 1 fully saturated rings. The van der Waals surface area contributed by atoms with E-state index in [2.05, 4.69) is 13.8 Å². The number of carbonyl (C=O) groups is 1. The minimum absolute atomic E-state index is 0.00898. The average molecular weight is 297 g/mol. The molecular formula is C15H21ClN2O2. The summed E-state index contributed by atoms with van der Waals surface area (Å²) in [6, 6.07) is 7.28. The zero-order valence-corrected chi connectivity index (χ0v) is 12.7. The Morgan fingerprint density at radius 1 is 1.50 bits per heavy atom. The molecule has 0 aromatic heterocycles. The Labute approximate surface area is 124 Å². The molecule has 1 heterocycles. The van der Waals surface area contributed by atoms with Crippen molar-refractivity contribution in [1.82, 2.24) is 4.90 Å². The number of carbonyl (C=O) groups excluding carboxylic acids is 1. The minimum atomic E-state index is -0.0572. The predicted molar refractivity (Wildman–Crippen MR) is 79.9 cm³/mol. The highest BCUT2D eigenvalue weighted by molar-refractivity contribution is 6.32. The molecule has 0 bridgehead atoms. The largest absolute Gasteiger partial charge is 0.482 e. The highest BCUT2D eigenvalue weighted by Crippen LogP contribution is 2.28. The summed E-state index contributed by atoms with van der Waals surface area (Å²) in [4.78, 5) is 14.0. The Morgan fingerprint density at radius 2 is 2.20 bits per heavy atom.